The molecule has 0 aromatic heterocycles. The van der Waals surface area contributed by atoms with Crippen LogP contribution in [0.2, 0.25) is 0 Å². The molecule has 1 heterocycles. The van der Waals surface area contributed by atoms with Crippen LogP contribution in [0.25, 0.3) is 12.2 Å². The lowest BCUT2D eigenvalue weighted by atomic mass is 9.93. The minimum Gasteiger partial charge on any atom is -0.388 e. The van der Waals surface area contributed by atoms with Crippen LogP contribution in [0.15, 0.2) is 119 Å². The van der Waals surface area contributed by atoms with Gasteiger partial charge in [0.25, 0.3) is 0 Å². The fourth-order valence-electron chi connectivity index (χ4n) is 4.25. The van der Waals surface area contributed by atoms with Crippen LogP contribution in [0, 0.1) is 0 Å². The quantitative estimate of drug-likeness (QED) is 0.429. The van der Waals surface area contributed by atoms with Crippen LogP contribution in [0.5, 0.6) is 0 Å². The molecule has 34 heavy (non-hydrogen) atoms. The molecule has 2 nitrogen and oxygen atoms in total. The van der Waals surface area contributed by atoms with Crippen molar-refractivity contribution in [2.75, 3.05) is 24.3 Å². The first-order chi connectivity index (χ1) is 16.6. The van der Waals surface area contributed by atoms with E-state index in [1.165, 1.54) is 22.4 Å². The van der Waals surface area contributed by atoms with Crippen molar-refractivity contribution in [1.82, 2.24) is 0 Å². The predicted molar refractivity (Wildman–Crippen MR) is 150 cm³/mol. The maximum atomic E-state index is 6.82. The van der Waals surface area contributed by atoms with Crippen molar-refractivity contribution in [1.29, 1.82) is 0 Å². The number of hydrogen-bond donors (Lipinski definition) is 1. The topological polar surface area (TPSA) is 15.3 Å². The highest BCUT2D eigenvalue weighted by molar-refractivity contribution is 6.32. The standard InChI is InChI=1S/C31H31ClN2/c1-23(15-17-24-9-4-6-13-29(24)33-2)16-18-26-11-8-12-27(31(26)32)20-22-28-21-19-25-10-5-7-14-30(25)34(28)3/h4-7,9-10,13-22,33H,1,8,11-12H2,2-3H3/b17-15-,18-16+,27-20+,28-22+. The zero-order valence-electron chi connectivity index (χ0n) is 19.9. The van der Waals surface area contributed by atoms with Crippen molar-refractivity contribution in [2.24, 2.45) is 0 Å². The van der Waals surface area contributed by atoms with E-state index in [1.807, 2.05) is 31.3 Å². The maximum absolute atomic E-state index is 6.82. The first-order valence-electron chi connectivity index (χ1n) is 11.7. The Kier molecular flexibility index (Phi) is 7.72. The summed E-state index contributed by atoms with van der Waals surface area (Å²) >= 11 is 6.82. The first-order valence-corrected chi connectivity index (χ1v) is 12.1. The second-order valence-electron chi connectivity index (χ2n) is 8.51. The molecule has 0 amide bonds. The zero-order chi connectivity index (χ0) is 23.9. The summed E-state index contributed by atoms with van der Waals surface area (Å²) in [7, 11) is 4.04. The average molecular weight is 467 g/mol. The smallest absolute Gasteiger partial charge is 0.0481 e. The molecule has 0 bridgehead atoms. The molecule has 1 aliphatic carbocycles. The van der Waals surface area contributed by atoms with E-state index in [0.29, 0.717) is 0 Å². The Bertz CT molecular complexity index is 1250. The number of nitrogens with zero attached hydrogens (tertiary/aromatic N) is 1. The molecule has 0 saturated heterocycles. The Hall–Kier alpha value is -3.49. The number of rotatable bonds is 6. The van der Waals surface area contributed by atoms with E-state index >= 15 is 0 Å². The third-order valence-electron chi connectivity index (χ3n) is 6.24. The van der Waals surface area contributed by atoms with Crippen LogP contribution in [-0.4, -0.2) is 14.1 Å². The third-order valence-corrected chi connectivity index (χ3v) is 6.72. The lowest BCUT2D eigenvalue weighted by Gasteiger charge is -2.26. The Morgan fingerprint density at radius 2 is 1.74 bits per heavy atom. The van der Waals surface area contributed by atoms with Gasteiger partial charge in [-0.3, -0.25) is 0 Å². The van der Waals surface area contributed by atoms with E-state index < -0.39 is 0 Å². The number of nitrogens with one attached hydrogen (secondary N) is 1. The van der Waals surface area contributed by atoms with E-state index in [4.69, 9.17) is 11.6 Å². The van der Waals surface area contributed by atoms with E-state index in [9.17, 15) is 0 Å². The van der Waals surface area contributed by atoms with Gasteiger partial charge in [0.2, 0.25) is 0 Å². The van der Waals surface area contributed by atoms with Crippen molar-refractivity contribution in [3.05, 3.63) is 130 Å². The molecule has 2 aliphatic rings. The zero-order valence-corrected chi connectivity index (χ0v) is 20.6. The molecule has 0 spiro atoms. The van der Waals surface area contributed by atoms with Gasteiger partial charge in [-0.1, -0.05) is 91.0 Å². The van der Waals surface area contributed by atoms with Crippen molar-refractivity contribution in [3.8, 4) is 0 Å². The van der Waals surface area contributed by atoms with E-state index in [0.717, 1.165) is 46.8 Å². The van der Waals surface area contributed by atoms with Gasteiger partial charge in [0.1, 0.15) is 0 Å². The van der Waals surface area contributed by atoms with Crippen LogP contribution < -0.4 is 10.2 Å². The molecule has 1 N–H and O–H groups in total. The summed E-state index contributed by atoms with van der Waals surface area (Å²) in [6.45, 7) is 4.18. The fourth-order valence-corrected chi connectivity index (χ4v) is 4.57. The summed E-state index contributed by atoms with van der Waals surface area (Å²) in [6, 6.07) is 16.6. The molecule has 2 aromatic rings. The van der Waals surface area contributed by atoms with Gasteiger partial charge in [-0.25, -0.2) is 0 Å². The highest BCUT2D eigenvalue weighted by Gasteiger charge is 2.15. The number of likely N-dealkylation sites (N-methyl/N-ethyl adjacent to an activating group) is 1. The molecule has 0 atom stereocenters. The summed E-state index contributed by atoms with van der Waals surface area (Å²) in [5.74, 6) is 0. The Balaban J connectivity index is 1.48. The van der Waals surface area contributed by atoms with Crippen molar-refractivity contribution in [2.45, 2.75) is 19.3 Å². The van der Waals surface area contributed by atoms with Gasteiger partial charge in [0.05, 0.1) is 0 Å². The summed E-state index contributed by atoms with van der Waals surface area (Å²) in [5.41, 5.74) is 9.13. The molecule has 2 aromatic carbocycles. The third kappa shape index (κ3) is 5.52. The minimum atomic E-state index is 0.861. The summed E-state index contributed by atoms with van der Waals surface area (Å²) in [4.78, 5) is 2.22. The number of para-hydroxylation sites is 2. The Labute approximate surface area is 208 Å². The van der Waals surface area contributed by atoms with Crippen molar-refractivity contribution >= 4 is 35.1 Å². The molecular formula is C31H31ClN2. The number of halogens is 1. The number of fused-ring (bicyclic) bond motifs is 1. The van der Waals surface area contributed by atoms with Crippen LogP contribution in [0.1, 0.15) is 30.4 Å². The maximum Gasteiger partial charge on any atom is 0.0481 e. The summed E-state index contributed by atoms with van der Waals surface area (Å²) in [5, 5.41) is 4.08. The molecule has 0 radical (unpaired) electrons. The van der Waals surface area contributed by atoms with Gasteiger partial charge < -0.3 is 10.2 Å². The second kappa shape index (κ2) is 11.1. The SMILES string of the molecule is C=C(/C=C\c1ccccc1NC)/C=C/C1=C(Cl)C(=C/C=C2\C=Cc3ccccc3N2C)/CCC1. The van der Waals surface area contributed by atoms with E-state index in [2.05, 4.69) is 96.7 Å². The van der Waals surface area contributed by atoms with Crippen LogP contribution >= 0.6 is 11.6 Å². The minimum absolute atomic E-state index is 0.861. The lowest BCUT2D eigenvalue weighted by molar-refractivity contribution is 0.792. The highest BCUT2D eigenvalue weighted by atomic mass is 35.5. The highest BCUT2D eigenvalue weighted by Crippen LogP contribution is 2.34. The Morgan fingerprint density at radius 3 is 2.59 bits per heavy atom. The van der Waals surface area contributed by atoms with Crippen molar-refractivity contribution in [3.63, 3.8) is 0 Å². The molecule has 172 valence electrons. The average Bonchev–Trinajstić information content (AvgIpc) is 2.87. The molecule has 4 rings (SSSR count). The van der Waals surface area contributed by atoms with Crippen molar-refractivity contribution < 1.29 is 0 Å². The number of allylic oxidation sites excluding steroid dienone is 10. The van der Waals surface area contributed by atoms with E-state index in [1.54, 1.807) is 0 Å². The van der Waals surface area contributed by atoms with Gasteiger partial charge in [-0.15, -0.1) is 0 Å². The number of hydrogen-bond acceptors (Lipinski definition) is 2. The fraction of sp³-hybridized carbons (Fsp3) is 0.161. The second-order valence-corrected chi connectivity index (χ2v) is 8.88. The van der Waals surface area contributed by atoms with Crippen LogP contribution in [0.3, 0.4) is 0 Å². The molecule has 3 heteroatoms. The Morgan fingerprint density at radius 1 is 0.971 bits per heavy atom. The molecule has 1 aliphatic heterocycles. The van der Waals surface area contributed by atoms with Crippen LogP contribution in [0.4, 0.5) is 11.4 Å². The molecule has 0 unspecified atom stereocenters. The number of benzene rings is 2. The molecule has 0 saturated carbocycles. The predicted octanol–water partition coefficient (Wildman–Crippen LogP) is 8.50. The number of anilines is 2. The lowest BCUT2D eigenvalue weighted by Crippen LogP contribution is -2.18. The van der Waals surface area contributed by atoms with Gasteiger partial charge in [-0.2, -0.15) is 0 Å². The van der Waals surface area contributed by atoms with Crippen LogP contribution in [-0.2, 0) is 0 Å². The monoisotopic (exact) mass is 466 g/mol. The van der Waals surface area contributed by atoms with Gasteiger partial charge in [-0.05, 0) is 71.4 Å². The largest absolute Gasteiger partial charge is 0.388 e. The van der Waals surface area contributed by atoms with Gasteiger partial charge in [0.15, 0.2) is 0 Å². The molecule has 0 fully saturated rings. The first kappa shape index (κ1) is 23.7. The van der Waals surface area contributed by atoms with Gasteiger partial charge in [0, 0.05) is 36.2 Å². The van der Waals surface area contributed by atoms with Gasteiger partial charge >= 0.3 is 0 Å². The summed E-state index contributed by atoms with van der Waals surface area (Å²) in [6.07, 6.45) is 20.0. The normalized spacial score (nSPS) is 18.4. The summed E-state index contributed by atoms with van der Waals surface area (Å²) < 4.78 is 0. The van der Waals surface area contributed by atoms with E-state index in [-0.39, 0.29) is 0 Å². The molecular weight excluding hydrogens is 436 g/mol.